The molecule has 7 atom stereocenters. The zero-order valence-corrected chi connectivity index (χ0v) is 46.9. The van der Waals surface area contributed by atoms with E-state index in [1.165, 1.54) is 36.4 Å². The number of guanidine groups is 1. The second kappa shape index (κ2) is 32.9. The summed E-state index contributed by atoms with van der Waals surface area (Å²) in [5, 5.41) is 35.9. The monoisotopic (exact) mass is 1140 g/mol. The maximum atomic E-state index is 15.2. The Morgan fingerprint density at radius 2 is 1.33 bits per heavy atom. The predicted octanol–water partition coefficient (Wildman–Crippen LogP) is -1.02. The fourth-order valence-corrected chi connectivity index (χ4v) is 9.47. The van der Waals surface area contributed by atoms with E-state index < -0.39 is 102 Å². The number of benzene rings is 2. The number of aliphatic carboxylic acids is 2. The van der Waals surface area contributed by atoms with Gasteiger partial charge in [0, 0.05) is 78.0 Å². The van der Waals surface area contributed by atoms with Gasteiger partial charge in [-0.1, -0.05) is 68.3 Å². The Morgan fingerprint density at radius 3 is 1.94 bits per heavy atom. The number of carbonyl (C=O) groups is 9. The number of nitrogens with two attached hydrogens (primary N) is 3. The zero-order chi connectivity index (χ0) is 59.7. The van der Waals surface area contributed by atoms with Crippen molar-refractivity contribution in [3.05, 3.63) is 89.0 Å². The van der Waals surface area contributed by atoms with Gasteiger partial charge in [-0.25, -0.2) is 14.6 Å². The van der Waals surface area contributed by atoms with Crippen LogP contribution in [0.15, 0.2) is 66.0 Å². The van der Waals surface area contributed by atoms with Crippen molar-refractivity contribution >= 4 is 59.4 Å². The van der Waals surface area contributed by atoms with Crippen molar-refractivity contribution in [3.63, 3.8) is 0 Å². The maximum Gasteiger partial charge on any atom is 0.326 e. The molecule has 2 aromatic carbocycles. The summed E-state index contributed by atoms with van der Waals surface area (Å²) in [6, 6.07) is 4.14. The van der Waals surface area contributed by atoms with Gasteiger partial charge in [0.2, 0.25) is 35.4 Å². The van der Waals surface area contributed by atoms with Gasteiger partial charge >= 0.3 is 18.0 Å². The number of carboxylic acid groups (broad SMARTS) is 2. The molecule has 1 aromatic heterocycles. The van der Waals surface area contributed by atoms with Crippen LogP contribution in [0.4, 0.5) is 4.79 Å². The number of aromatic amines is 1. The predicted molar refractivity (Wildman–Crippen MR) is 301 cm³/mol. The smallest absolute Gasteiger partial charge is 0.326 e. The van der Waals surface area contributed by atoms with E-state index in [0.717, 1.165) is 24.2 Å². The van der Waals surface area contributed by atoms with Crippen molar-refractivity contribution in [1.82, 2.24) is 56.6 Å². The number of rotatable bonds is 32. The number of aromatic nitrogens is 2. The maximum absolute atomic E-state index is 15.2. The van der Waals surface area contributed by atoms with Crippen molar-refractivity contribution in [2.24, 2.45) is 22.2 Å². The third kappa shape index (κ3) is 20.7. The van der Waals surface area contributed by atoms with E-state index in [-0.39, 0.29) is 64.0 Å². The molecule has 1 fully saturated rings. The van der Waals surface area contributed by atoms with Crippen LogP contribution in [0.1, 0.15) is 92.7 Å². The highest BCUT2D eigenvalue weighted by Gasteiger charge is 2.40. The number of imidazole rings is 1. The third-order valence-electron chi connectivity index (χ3n) is 14.1. The number of carbonyl (C=O) groups excluding carboxylic acids is 7. The lowest BCUT2D eigenvalue weighted by Gasteiger charge is -2.38. The first-order valence-corrected chi connectivity index (χ1v) is 27.7. The summed E-state index contributed by atoms with van der Waals surface area (Å²) in [4.78, 5) is 140. The summed E-state index contributed by atoms with van der Waals surface area (Å²) < 4.78 is 5.50. The van der Waals surface area contributed by atoms with Gasteiger partial charge in [0.1, 0.15) is 42.3 Å². The molecule has 0 bridgehead atoms. The van der Waals surface area contributed by atoms with Crippen LogP contribution in [0.5, 0.6) is 0 Å². The summed E-state index contributed by atoms with van der Waals surface area (Å²) in [5.74, 6) is -8.05. The van der Waals surface area contributed by atoms with Gasteiger partial charge in [0.25, 0.3) is 0 Å². The first-order chi connectivity index (χ1) is 39.3. The Hall–Kier alpha value is -8.17. The molecule has 3 aromatic rings. The van der Waals surface area contributed by atoms with Crippen molar-refractivity contribution < 1.29 is 58.1 Å². The molecule has 0 unspecified atom stereocenters. The minimum absolute atomic E-state index is 0.0185. The first kappa shape index (κ1) is 64.6. The second-order valence-electron chi connectivity index (χ2n) is 20.7. The quantitative estimate of drug-likeness (QED) is 0.0202. The number of aliphatic imine (C=N–C) groups is 1. The second-order valence-corrected chi connectivity index (χ2v) is 20.7. The molecule has 5 rings (SSSR count). The number of hydrogen-bond donors (Lipinski definition) is 12. The van der Waals surface area contributed by atoms with E-state index in [2.05, 4.69) is 51.8 Å². The van der Waals surface area contributed by atoms with E-state index in [1.54, 1.807) is 30.3 Å². The van der Waals surface area contributed by atoms with Crippen molar-refractivity contribution in [1.29, 1.82) is 0 Å². The zero-order valence-electron chi connectivity index (χ0n) is 46.9. The van der Waals surface area contributed by atoms with Crippen LogP contribution in [0.3, 0.4) is 0 Å². The van der Waals surface area contributed by atoms with Gasteiger partial charge in [-0.05, 0) is 67.3 Å². The fourth-order valence-electron chi connectivity index (χ4n) is 9.47. The minimum Gasteiger partial charge on any atom is -0.481 e. The van der Waals surface area contributed by atoms with E-state index in [9.17, 15) is 43.8 Å². The molecule has 0 radical (unpaired) electrons. The van der Waals surface area contributed by atoms with Crippen LogP contribution in [0, 0.1) is 0 Å². The van der Waals surface area contributed by atoms with Crippen LogP contribution in [0.25, 0.3) is 0 Å². The number of morpholine rings is 1. The topological polar surface area (TPSA) is 404 Å². The molecule has 27 nitrogen and oxygen atoms in total. The number of hydrogen-bond acceptors (Lipinski definition) is 14. The van der Waals surface area contributed by atoms with E-state index in [4.69, 9.17) is 21.9 Å². The van der Waals surface area contributed by atoms with Gasteiger partial charge in [-0.2, -0.15) is 0 Å². The Labute approximate surface area is 476 Å². The average molecular weight is 1140 g/mol. The summed E-state index contributed by atoms with van der Waals surface area (Å²) in [6.07, 6.45) is 3.84. The van der Waals surface area contributed by atoms with Crippen LogP contribution in [-0.4, -0.2) is 190 Å². The molecule has 0 spiro atoms. The number of carboxylic acids is 2. The minimum atomic E-state index is -1.75. The Kier molecular flexibility index (Phi) is 26.0. The lowest BCUT2D eigenvalue weighted by atomic mass is 9.92. The lowest BCUT2D eigenvalue weighted by Crippen LogP contribution is -2.61. The Morgan fingerprint density at radius 1 is 0.732 bits per heavy atom. The highest BCUT2D eigenvalue weighted by Crippen LogP contribution is 2.26. The van der Waals surface area contributed by atoms with Gasteiger partial charge in [0.15, 0.2) is 5.96 Å². The molecule has 3 heterocycles. The Bertz CT molecular complexity index is 2640. The molecule has 1 saturated heterocycles. The lowest BCUT2D eigenvalue weighted by molar-refractivity contribution is -0.147. The molecular weight excluding hydrogens is 1060 g/mol. The number of urea groups is 1. The van der Waals surface area contributed by atoms with Gasteiger partial charge in [-0.15, -0.1) is 0 Å². The summed E-state index contributed by atoms with van der Waals surface area (Å²) in [7, 11) is 2.95. The molecule has 448 valence electrons. The molecule has 0 saturated carbocycles. The summed E-state index contributed by atoms with van der Waals surface area (Å²) in [5.41, 5.74) is 20.3. The molecular formula is C55H81N15O12. The van der Waals surface area contributed by atoms with E-state index in [1.807, 2.05) is 25.1 Å². The number of fused-ring (bicyclic) bond motifs is 1. The standard InChI is InChI=1S/C55H81N15O12/c1-4-5-13-39(67-55(81)68(2)3)47(73)66-44(29-46(71)72)50(76)65-43(28-38-30-59-33-61-38)49(75)64-42(26-34-16-18-35(19-17-34)31-69-22-24-82-25-23-69)48(74)62-40(15-10-21-60-54(57)58)52(78)70-32-37-12-7-6-11-36(37)27-45(70)51(77)63-41(53(79)80)14-8-9-20-56/h6-7,11-12,16-19,30,33,39-45H,4-5,8-10,13-15,20-29,31-32,56H2,1-3H3,(H,59,61)(H,62,74)(H,63,77)(H,64,75)(H,65,76)(H,66,73)(H,67,81)(H,71,72)(H,79,80)(H4,57,58,60)/t39-,40-,41-,42+,43-,44-,45-/m0/s1. The van der Waals surface area contributed by atoms with E-state index in [0.29, 0.717) is 68.8 Å². The summed E-state index contributed by atoms with van der Waals surface area (Å²) in [6.45, 7) is 5.45. The highest BCUT2D eigenvalue weighted by molar-refractivity contribution is 5.98. The van der Waals surface area contributed by atoms with Crippen LogP contribution < -0.4 is 49.1 Å². The largest absolute Gasteiger partial charge is 0.481 e. The fraction of sp³-hybridized carbons (Fsp3) is 0.545. The molecule has 82 heavy (non-hydrogen) atoms. The highest BCUT2D eigenvalue weighted by atomic mass is 16.5. The van der Waals surface area contributed by atoms with Crippen LogP contribution >= 0.6 is 0 Å². The number of amides is 8. The first-order valence-electron chi connectivity index (χ1n) is 27.7. The molecule has 8 amide bonds. The molecule has 27 heteroatoms. The molecule has 2 aliphatic heterocycles. The van der Waals surface area contributed by atoms with Crippen molar-refractivity contribution in [2.45, 2.75) is 139 Å². The number of H-pyrrole nitrogens is 1. The van der Waals surface area contributed by atoms with Crippen molar-refractivity contribution in [2.75, 3.05) is 53.5 Å². The molecule has 0 aliphatic carbocycles. The number of nitrogens with zero attached hydrogens (tertiary/aromatic N) is 5. The Balaban J connectivity index is 1.50. The van der Waals surface area contributed by atoms with Gasteiger partial charge < -0.3 is 78.8 Å². The van der Waals surface area contributed by atoms with Crippen molar-refractivity contribution in [3.8, 4) is 0 Å². The van der Waals surface area contributed by atoms with Gasteiger partial charge in [0.05, 0.1) is 26.0 Å². The molecule has 15 N–H and O–H groups in total. The normalized spacial score (nSPS) is 16.3. The van der Waals surface area contributed by atoms with Crippen LogP contribution in [-0.2, 0) is 75.4 Å². The SMILES string of the molecule is CCCC[C@H](NC(=O)N(C)C)C(=O)N[C@@H](CC(=O)O)C(=O)N[C@@H](Cc1cnc[nH]1)C(=O)N[C@H](Cc1ccc(CN2CCOCC2)cc1)C(=O)N[C@@H](CCCN=C(N)N)C(=O)N1Cc2ccccc2C[C@H]1C(=O)N[C@@H](CCCCN)C(=O)O. The van der Waals surface area contributed by atoms with Gasteiger partial charge in [-0.3, -0.25) is 43.5 Å². The van der Waals surface area contributed by atoms with Crippen LogP contribution in [0.2, 0.25) is 0 Å². The molecule has 2 aliphatic rings. The summed E-state index contributed by atoms with van der Waals surface area (Å²) >= 11 is 0. The average Bonchev–Trinajstić information content (AvgIpc) is 3.87. The number of ether oxygens (including phenoxy) is 1. The third-order valence-corrected chi connectivity index (χ3v) is 14.1. The number of nitrogens with one attached hydrogen (secondary N) is 7. The number of unbranched alkanes of at least 4 members (excludes halogenated alkanes) is 2. The van der Waals surface area contributed by atoms with E-state index >= 15 is 9.59 Å².